The van der Waals surface area contributed by atoms with Crippen molar-refractivity contribution in [3.8, 4) is 0 Å². The van der Waals surface area contributed by atoms with E-state index < -0.39 is 26.2 Å². The van der Waals surface area contributed by atoms with Crippen molar-refractivity contribution in [3.05, 3.63) is 74.7 Å². The monoisotopic (exact) mass is 375 g/mol. The standard InChI is InChI=1S/C15H13N5O5S/c16-26(24,25)11-5-3-4-10(8-11)9-17-14-13(20(22)23)15(21)19-7-2-1-6-12(19)18-14/h1-8,17H,9H2,(H2,16,24,25). The zero-order valence-corrected chi connectivity index (χ0v) is 14.0. The van der Waals surface area contributed by atoms with Crippen LogP contribution in [-0.4, -0.2) is 22.7 Å². The van der Waals surface area contributed by atoms with Crippen molar-refractivity contribution in [1.82, 2.24) is 9.38 Å². The minimum Gasteiger partial charge on any atom is -0.360 e. The smallest absolute Gasteiger partial charge is 0.360 e. The number of nitrogens with zero attached hydrogens (tertiary/aromatic N) is 3. The van der Waals surface area contributed by atoms with E-state index in [0.29, 0.717) is 5.56 Å². The average molecular weight is 375 g/mol. The summed E-state index contributed by atoms with van der Waals surface area (Å²) < 4.78 is 23.9. The molecule has 0 radical (unpaired) electrons. The predicted molar refractivity (Wildman–Crippen MR) is 93.3 cm³/mol. The largest absolute Gasteiger partial charge is 0.376 e. The van der Waals surface area contributed by atoms with Gasteiger partial charge in [-0.05, 0) is 29.8 Å². The second kappa shape index (κ2) is 6.54. The van der Waals surface area contributed by atoms with Gasteiger partial charge in [0.2, 0.25) is 15.8 Å². The first-order valence-electron chi connectivity index (χ1n) is 7.29. The summed E-state index contributed by atoms with van der Waals surface area (Å²) in [5.74, 6) is -0.202. The van der Waals surface area contributed by atoms with Gasteiger partial charge in [-0.25, -0.2) is 18.5 Å². The lowest BCUT2D eigenvalue weighted by Gasteiger charge is -2.09. The molecule has 0 saturated heterocycles. The highest BCUT2D eigenvalue weighted by atomic mass is 32.2. The van der Waals surface area contributed by atoms with Crippen molar-refractivity contribution in [2.75, 3.05) is 5.32 Å². The number of aromatic nitrogens is 2. The fourth-order valence-electron chi connectivity index (χ4n) is 2.39. The minimum absolute atomic E-state index is 0.0135. The summed E-state index contributed by atoms with van der Waals surface area (Å²) in [6.45, 7) is 0.0135. The van der Waals surface area contributed by atoms with Gasteiger partial charge in [-0.1, -0.05) is 18.2 Å². The Bertz CT molecular complexity index is 1170. The molecule has 0 bridgehead atoms. The lowest BCUT2D eigenvalue weighted by molar-refractivity contribution is -0.385. The second-order valence-electron chi connectivity index (χ2n) is 5.35. The maximum Gasteiger partial charge on any atom is 0.376 e. The van der Waals surface area contributed by atoms with E-state index in [1.807, 2.05) is 0 Å². The molecule has 0 saturated carbocycles. The van der Waals surface area contributed by atoms with Gasteiger partial charge in [-0.2, -0.15) is 0 Å². The molecule has 134 valence electrons. The van der Waals surface area contributed by atoms with Crippen molar-refractivity contribution in [3.63, 3.8) is 0 Å². The molecule has 0 spiro atoms. The molecule has 10 nitrogen and oxygen atoms in total. The topological polar surface area (TPSA) is 150 Å². The molecule has 3 N–H and O–H groups in total. The number of sulfonamides is 1. The minimum atomic E-state index is -3.87. The molecule has 2 heterocycles. The maximum absolute atomic E-state index is 12.3. The Morgan fingerprint density at radius 1 is 1.23 bits per heavy atom. The number of rotatable bonds is 5. The van der Waals surface area contributed by atoms with Crippen molar-refractivity contribution in [2.24, 2.45) is 5.14 Å². The van der Waals surface area contributed by atoms with Crippen LogP contribution < -0.4 is 16.0 Å². The van der Waals surface area contributed by atoms with E-state index in [1.54, 1.807) is 18.2 Å². The van der Waals surface area contributed by atoms with E-state index in [0.717, 1.165) is 4.40 Å². The van der Waals surface area contributed by atoms with Crippen LogP contribution >= 0.6 is 0 Å². The Hall–Kier alpha value is -3.31. The molecule has 0 fully saturated rings. The van der Waals surface area contributed by atoms with Gasteiger partial charge in [0.05, 0.1) is 9.82 Å². The van der Waals surface area contributed by atoms with Crippen LogP contribution in [0, 0.1) is 10.1 Å². The van der Waals surface area contributed by atoms with Gasteiger partial charge < -0.3 is 5.32 Å². The fourth-order valence-corrected chi connectivity index (χ4v) is 2.97. The average Bonchev–Trinajstić information content (AvgIpc) is 2.59. The number of nitrogens with two attached hydrogens (primary N) is 1. The summed E-state index contributed by atoms with van der Waals surface area (Å²) in [5.41, 5.74) is -0.776. The summed E-state index contributed by atoms with van der Waals surface area (Å²) in [6, 6.07) is 10.5. The molecule has 3 rings (SSSR count). The third-order valence-electron chi connectivity index (χ3n) is 3.58. The van der Waals surface area contributed by atoms with Gasteiger partial charge in [0.25, 0.3) is 0 Å². The summed E-state index contributed by atoms with van der Waals surface area (Å²) in [5, 5.41) is 19.1. The Kier molecular flexibility index (Phi) is 4.40. The van der Waals surface area contributed by atoms with Crippen LogP contribution in [-0.2, 0) is 16.6 Å². The van der Waals surface area contributed by atoms with Crippen LogP contribution in [0.1, 0.15) is 5.56 Å². The van der Waals surface area contributed by atoms with Crippen molar-refractivity contribution in [1.29, 1.82) is 0 Å². The van der Waals surface area contributed by atoms with E-state index in [9.17, 15) is 23.3 Å². The van der Waals surface area contributed by atoms with Crippen LogP contribution in [0.5, 0.6) is 0 Å². The van der Waals surface area contributed by atoms with Crippen LogP contribution in [0.15, 0.2) is 58.4 Å². The molecular weight excluding hydrogens is 362 g/mol. The lowest BCUT2D eigenvalue weighted by Crippen LogP contribution is -2.21. The number of fused-ring (bicyclic) bond motifs is 1. The number of nitro groups is 1. The third kappa shape index (κ3) is 3.38. The molecule has 0 aliphatic carbocycles. The van der Waals surface area contributed by atoms with E-state index in [4.69, 9.17) is 5.14 Å². The van der Waals surface area contributed by atoms with Crippen LogP contribution in [0.3, 0.4) is 0 Å². The van der Waals surface area contributed by atoms with Crippen molar-refractivity contribution < 1.29 is 13.3 Å². The van der Waals surface area contributed by atoms with Gasteiger partial charge in [0, 0.05) is 12.7 Å². The number of benzene rings is 1. The highest BCUT2D eigenvalue weighted by Gasteiger charge is 2.23. The third-order valence-corrected chi connectivity index (χ3v) is 4.49. The van der Waals surface area contributed by atoms with E-state index in [-0.39, 0.29) is 22.9 Å². The predicted octanol–water partition coefficient (Wildman–Crippen LogP) is 0.862. The second-order valence-corrected chi connectivity index (χ2v) is 6.91. The summed E-state index contributed by atoms with van der Waals surface area (Å²) in [7, 11) is -3.87. The van der Waals surface area contributed by atoms with Crippen molar-refractivity contribution >= 4 is 27.2 Å². The Balaban J connectivity index is 2.00. The molecule has 0 unspecified atom stereocenters. The Labute approximate surface area is 147 Å². The molecule has 26 heavy (non-hydrogen) atoms. The summed E-state index contributed by atoms with van der Waals surface area (Å²) in [4.78, 5) is 26.9. The molecule has 0 atom stereocenters. The zero-order chi connectivity index (χ0) is 18.9. The van der Waals surface area contributed by atoms with Crippen LogP contribution in [0.25, 0.3) is 5.65 Å². The Morgan fingerprint density at radius 2 is 2.00 bits per heavy atom. The molecule has 11 heteroatoms. The van der Waals surface area contributed by atoms with Gasteiger partial charge in [0.1, 0.15) is 5.65 Å². The van der Waals surface area contributed by atoms with Gasteiger partial charge in [0.15, 0.2) is 0 Å². The number of hydrogen-bond donors (Lipinski definition) is 2. The molecule has 3 aromatic rings. The number of primary sulfonamides is 1. The molecule has 0 aliphatic heterocycles. The Morgan fingerprint density at radius 3 is 2.69 bits per heavy atom. The molecule has 0 amide bonds. The first-order chi connectivity index (χ1) is 12.3. The van der Waals surface area contributed by atoms with E-state index in [2.05, 4.69) is 10.3 Å². The van der Waals surface area contributed by atoms with E-state index >= 15 is 0 Å². The van der Waals surface area contributed by atoms with Crippen LogP contribution in [0.4, 0.5) is 11.5 Å². The highest BCUT2D eigenvalue weighted by Crippen LogP contribution is 2.19. The molecule has 2 aromatic heterocycles. The highest BCUT2D eigenvalue weighted by molar-refractivity contribution is 7.89. The summed E-state index contributed by atoms with van der Waals surface area (Å²) >= 11 is 0. The molecule has 0 aliphatic rings. The lowest BCUT2D eigenvalue weighted by atomic mass is 10.2. The van der Waals surface area contributed by atoms with E-state index in [1.165, 1.54) is 30.5 Å². The number of pyridine rings is 1. The molecule has 1 aromatic carbocycles. The zero-order valence-electron chi connectivity index (χ0n) is 13.2. The fraction of sp³-hybridized carbons (Fsp3) is 0.0667. The quantitative estimate of drug-likeness (QED) is 0.496. The number of hydrogen-bond acceptors (Lipinski definition) is 7. The van der Waals surface area contributed by atoms with Crippen LogP contribution in [0.2, 0.25) is 0 Å². The SMILES string of the molecule is NS(=O)(=O)c1cccc(CNc2nc3ccccn3c(=O)c2[N+](=O)[O-])c1. The first-order valence-corrected chi connectivity index (χ1v) is 8.83. The maximum atomic E-state index is 12.3. The van der Waals surface area contributed by atoms with Gasteiger partial charge >= 0.3 is 11.2 Å². The summed E-state index contributed by atoms with van der Waals surface area (Å²) in [6.07, 6.45) is 1.39. The number of anilines is 1. The van der Waals surface area contributed by atoms with Gasteiger partial charge in [-0.15, -0.1) is 0 Å². The normalized spacial score (nSPS) is 11.4. The van der Waals surface area contributed by atoms with Crippen molar-refractivity contribution in [2.45, 2.75) is 11.4 Å². The number of nitrogens with one attached hydrogen (secondary N) is 1. The first kappa shape index (κ1) is 17.5. The van der Waals surface area contributed by atoms with Gasteiger partial charge in [-0.3, -0.25) is 19.3 Å². The molecular formula is C15H13N5O5S.